The summed E-state index contributed by atoms with van der Waals surface area (Å²) in [6.07, 6.45) is 0.726. The van der Waals surface area contributed by atoms with Gasteiger partial charge in [-0.05, 0) is 45.1 Å². The summed E-state index contributed by atoms with van der Waals surface area (Å²) < 4.78 is 19.4. The number of ether oxygens (including phenoxy) is 1. The Morgan fingerprint density at radius 2 is 2.26 bits per heavy atom. The Bertz CT molecular complexity index is 561. The zero-order chi connectivity index (χ0) is 13.8. The van der Waals surface area contributed by atoms with Crippen LogP contribution in [-0.4, -0.2) is 7.11 Å². The van der Waals surface area contributed by atoms with Crippen molar-refractivity contribution in [1.29, 1.82) is 0 Å². The van der Waals surface area contributed by atoms with Crippen molar-refractivity contribution in [2.24, 2.45) is 5.84 Å². The summed E-state index contributed by atoms with van der Waals surface area (Å²) in [5.74, 6) is 5.46. The standard InChI is InChI=1S/C13H14BrFN2OS/c1-18-12-6-8(2-3-10(12)15)11(17-16)7-13-9(14)4-5-19-13/h2-6,11,17H,7,16H2,1H3. The van der Waals surface area contributed by atoms with Crippen molar-refractivity contribution >= 4 is 27.3 Å². The fourth-order valence-corrected chi connectivity index (χ4v) is 3.38. The van der Waals surface area contributed by atoms with Gasteiger partial charge < -0.3 is 4.74 Å². The molecule has 1 aromatic heterocycles. The van der Waals surface area contributed by atoms with E-state index in [-0.39, 0.29) is 17.6 Å². The Kier molecular flexibility index (Phi) is 4.93. The van der Waals surface area contributed by atoms with Crippen LogP contribution >= 0.6 is 27.3 Å². The largest absolute Gasteiger partial charge is 0.494 e. The number of nitrogens with two attached hydrogens (primary N) is 1. The van der Waals surface area contributed by atoms with Gasteiger partial charge in [0.15, 0.2) is 11.6 Å². The Balaban J connectivity index is 2.24. The van der Waals surface area contributed by atoms with Gasteiger partial charge in [-0.25, -0.2) is 4.39 Å². The zero-order valence-corrected chi connectivity index (χ0v) is 12.7. The molecule has 0 spiro atoms. The summed E-state index contributed by atoms with van der Waals surface area (Å²) in [6.45, 7) is 0. The fourth-order valence-electron chi connectivity index (χ4n) is 1.82. The van der Waals surface area contributed by atoms with Gasteiger partial charge in [-0.2, -0.15) is 0 Å². The highest BCUT2D eigenvalue weighted by Crippen LogP contribution is 2.29. The fraction of sp³-hybridized carbons (Fsp3) is 0.231. The Morgan fingerprint density at radius 3 is 2.84 bits per heavy atom. The molecule has 0 amide bonds. The predicted molar refractivity (Wildman–Crippen MR) is 78.7 cm³/mol. The minimum atomic E-state index is -0.376. The van der Waals surface area contributed by atoms with Crippen LogP contribution in [0, 0.1) is 5.82 Å². The number of benzene rings is 1. The van der Waals surface area contributed by atoms with E-state index in [4.69, 9.17) is 10.6 Å². The maximum absolute atomic E-state index is 13.4. The first kappa shape index (κ1) is 14.5. The summed E-state index contributed by atoms with van der Waals surface area (Å²) in [6, 6.07) is 6.68. The molecule has 1 unspecified atom stereocenters. The van der Waals surface area contributed by atoms with Crippen LogP contribution in [0.1, 0.15) is 16.5 Å². The van der Waals surface area contributed by atoms with Gasteiger partial charge in [0.25, 0.3) is 0 Å². The highest BCUT2D eigenvalue weighted by atomic mass is 79.9. The molecule has 0 saturated heterocycles. The third-order valence-electron chi connectivity index (χ3n) is 2.86. The second kappa shape index (κ2) is 6.47. The molecule has 1 heterocycles. The number of halogens is 2. The summed E-state index contributed by atoms with van der Waals surface area (Å²) in [7, 11) is 1.45. The number of hydrogen-bond donors (Lipinski definition) is 2. The first-order valence-electron chi connectivity index (χ1n) is 5.67. The molecule has 6 heteroatoms. The van der Waals surface area contributed by atoms with Crippen LogP contribution in [0.4, 0.5) is 4.39 Å². The highest BCUT2D eigenvalue weighted by molar-refractivity contribution is 9.10. The van der Waals surface area contributed by atoms with Crippen LogP contribution in [0.2, 0.25) is 0 Å². The molecule has 0 bridgehead atoms. The summed E-state index contributed by atoms with van der Waals surface area (Å²) >= 11 is 5.15. The van der Waals surface area contributed by atoms with E-state index in [9.17, 15) is 4.39 Å². The van der Waals surface area contributed by atoms with Crippen molar-refractivity contribution in [2.45, 2.75) is 12.5 Å². The van der Waals surface area contributed by atoms with Crippen LogP contribution in [0.3, 0.4) is 0 Å². The lowest BCUT2D eigenvalue weighted by molar-refractivity contribution is 0.384. The van der Waals surface area contributed by atoms with Crippen molar-refractivity contribution in [3.05, 3.63) is 50.4 Å². The third kappa shape index (κ3) is 3.33. The molecule has 0 aliphatic rings. The lowest BCUT2D eigenvalue weighted by Crippen LogP contribution is -2.29. The van der Waals surface area contributed by atoms with Crippen LogP contribution in [0.5, 0.6) is 5.75 Å². The molecule has 0 fully saturated rings. The molecule has 0 aliphatic carbocycles. The predicted octanol–water partition coefficient (Wildman–Crippen LogP) is 3.41. The lowest BCUT2D eigenvalue weighted by Gasteiger charge is -2.17. The van der Waals surface area contributed by atoms with Crippen molar-refractivity contribution in [3.8, 4) is 5.75 Å². The van der Waals surface area contributed by atoms with Crippen molar-refractivity contribution in [3.63, 3.8) is 0 Å². The Labute approximate surface area is 123 Å². The molecule has 3 nitrogen and oxygen atoms in total. The van der Waals surface area contributed by atoms with E-state index in [0.29, 0.717) is 0 Å². The number of hydrogen-bond acceptors (Lipinski definition) is 4. The van der Waals surface area contributed by atoms with Gasteiger partial charge >= 0.3 is 0 Å². The maximum Gasteiger partial charge on any atom is 0.165 e. The van der Waals surface area contributed by atoms with Crippen LogP contribution in [0.15, 0.2) is 34.1 Å². The smallest absolute Gasteiger partial charge is 0.165 e. The average Bonchev–Trinajstić information content (AvgIpc) is 2.82. The van der Waals surface area contributed by atoms with Gasteiger partial charge in [0, 0.05) is 15.8 Å². The minimum absolute atomic E-state index is 0.0931. The van der Waals surface area contributed by atoms with Crippen molar-refractivity contribution < 1.29 is 9.13 Å². The van der Waals surface area contributed by atoms with Crippen LogP contribution in [0.25, 0.3) is 0 Å². The highest BCUT2D eigenvalue weighted by Gasteiger charge is 2.15. The van der Waals surface area contributed by atoms with E-state index in [1.165, 1.54) is 18.1 Å². The number of thiophene rings is 1. The Hall–Kier alpha value is -0.950. The zero-order valence-electron chi connectivity index (χ0n) is 10.3. The molecular weight excluding hydrogens is 331 g/mol. The summed E-state index contributed by atoms with van der Waals surface area (Å²) in [5, 5.41) is 2.01. The molecule has 2 aromatic rings. The van der Waals surface area contributed by atoms with Crippen molar-refractivity contribution in [1.82, 2.24) is 5.43 Å². The molecule has 102 valence electrons. The molecule has 1 atom stereocenters. The quantitative estimate of drug-likeness (QED) is 0.645. The third-order valence-corrected chi connectivity index (χ3v) is 4.81. The van der Waals surface area contributed by atoms with E-state index in [0.717, 1.165) is 16.5 Å². The van der Waals surface area contributed by atoms with Crippen LogP contribution in [-0.2, 0) is 6.42 Å². The van der Waals surface area contributed by atoms with Gasteiger partial charge in [-0.3, -0.25) is 11.3 Å². The van der Waals surface area contributed by atoms with Crippen molar-refractivity contribution in [2.75, 3.05) is 7.11 Å². The monoisotopic (exact) mass is 344 g/mol. The molecule has 0 radical (unpaired) electrons. The molecular formula is C13H14BrFN2OS. The van der Waals surface area contributed by atoms with Gasteiger partial charge in [0.2, 0.25) is 0 Å². The van der Waals surface area contributed by atoms with E-state index in [1.54, 1.807) is 23.5 Å². The lowest BCUT2D eigenvalue weighted by atomic mass is 10.0. The number of hydrazine groups is 1. The first-order valence-corrected chi connectivity index (χ1v) is 7.34. The van der Waals surface area contributed by atoms with Gasteiger partial charge in [0.05, 0.1) is 13.2 Å². The van der Waals surface area contributed by atoms with Gasteiger partial charge in [0.1, 0.15) is 0 Å². The Morgan fingerprint density at radius 1 is 1.47 bits per heavy atom. The average molecular weight is 345 g/mol. The second-order valence-corrected chi connectivity index (χ2v) is 5.86. The number of methoxy groups -OCH3 is 1. The molecule has 3 N–H and O–H groups in total. The molecule has 1 aromatic carbocycles. The van der Waals surface area contributed by atoms with E-state index in [2.05, 4.69) is 21.4 Å². The minimum Gasteiger partial charge on any atom is -0.494 e. The molecule has 0 saturated carbocycles. The number of rotatable bonds is 5. The van der Waals surface area contributed by atoms with E-state index >= 15 is 0 Å². The topological polar surface area (TPSA) is 47.3 Å². The van der Waals surface area contributed by atoms with Gasteiger partial charge in [-0.1, -0.05) is 6.07 Å². The molecule has 19 heavy (non-hydrogen) atoms. The second-order valence-electron chi connectivity index (χ2n) is 4.01. The summed E-state index contributed by atoms with van der Waals surface area (Å²) in [4.78, 5) is 1.19. The molecule has 0 aliphatic heterocycles. The van der Waals surface area contributed by atoms with Crippen LogP contribution < -0.4 is 16.0 Å². The number of nitrogens with one attached hydrogen (secondary N) is 1. The molecule has 2 rings (SSSR count). The SMILES string of the molecule is COc1cc(C(Cc2sccc2Br)NN)ccc1F. The summed E-state index contributed by atoms with van der Waals surface area (Å²) in [5.41, 5.74) is 3.65. The van der Waals surface area contributed by atoms with Gasteiger partial charge in [-0.15, -0.1) is 11.3 Å². The maximum atomic E-state index is 13.4. The van der Waals surface area contributed by atoms with E-state index in [1.807, 2.05) is 11.4 Å². The first-order chi connectivity index (χ1) is 9.15. The normalized spacial score (nSPS) is 12.4. The van der Waals surface area contributed by atoms with E-state index < -0.39 is 0 Å².